The Morgan fingerprint density at radius 2 is 2.62 bits per heavy atom. The topological polar surface area (TPSA) is 49.8 Å². The average Bonchev–Trinajstić information content (AvgIpc) is 2.14. The van der Waals surface area contributed by atoms with E-state index in [0.717, 1.165) is 5.06 Å². The van der Waals surface area contributed by atoms with E-state index in [-0.39, 0.29) is 0 Å². The maximum Gasteiger partial charge on any atom is 0.340 e. The fourth-order valence-electron chi connectivity index (χ4n) is 0.547. The van der Waals surface area contributed by atoms with Gasteiger partial charge in [-0.15, -0.1) is 0 Å². The summed E-state index contributed by atoms with van der Waals surface area (Å²) in [6.45, 7) is 0.399. The van der Waals surface area contributed by atoms with E-state index in [4.69, 9.17) is 5.11 Å². The highest BCUT2D eigenvalue weighted by Crippen LogP contribution is 2.07. The van der Waals surface area contributed by atoms with Crippen LogP contribution in [-0.2, 0) is 9.63 Å². The van der Waals surface area contributed by atoms with Gasteiger partial charge in [-0.1, -0.05) is 0 Å². The highest BCUT2D eigenvalue weighted by molar-refractivity contribution is 5.46. The van der Waals surface area contributed by atoms with Crippen LogP contribution >= 0.6 is 0 Å². The molecular weight excluding hydrogens is 110 g/mol. The van der Waals surface area contributed by atoms with Crippen LogP contribution in [-0.4, -0.2) is 29.4 Å². The molecule has 8 heavy (non-hydrogen) atoms. The molecule has 1 unspecified atom stereocenters. The van der Waals surface area contributed by atoms with E-state index < -0.39 is 6.23 Å². The third-order valence-electron chi connectivity index (χ3n) is 0.967. The first-order chi connectivity index (χ1) is 3.84. The second-order valence-corrected chi connectivity index (χ2v) is 1.52. The standard InChI is InChI=1S/C4H6NO3/c6-3-5-4(7)1-2-8-5/h4,7H,1-2H2. The number of hydrogen-bond donors (Lipinski definition) is 1. The summed E-state index contributed by atoms with van der Waals surface area (Å²) in [6, 6.07) is 0. The predicted octanol–water partition coefficient (Wildman–Crippen LogP) is -0.991. The summed E-state index contributed by atoms with van der Waals surface area (Å²) in [5.41, 5.74) is 0. The highest BCUT2D eigenvalue weighted by Gasteiger charge is 2.21. The molecule has 0 bridgehead atoms. The molecule has 1 N–H and O–H groups in total. The Balaban J connectivity index is 2.41. The largest absolute Gasteiger partial charge is 0.371 e. The van der Waals surface area contributed by atoms with Gasteiger partial charge in [0.1, 0.15) is 0 Å². The van der Waals surface area contributed by atoms with Crippen LogP contribution in [0, 0.1) is 0 Å². The van der Waals surface area contributed by atoms with Gasteiger partial charge >= 0.3 is 6.41 Å². The molecule has 1 radical (unpaired) electrons. The first-order valence-corrected chi connectivity index (χ1v) is 2.32. The molecule has 0 aliphatic carbocycles. The summed E-state index contributed by atoms with van der Waals surface area (Å²) in [5, 5.41) is 9.51. The maximum atomic E-state index is 9.73. The van der Waals surface area contributed by atoms with Gasteiger partial charge in [-0.05, 0) is 0 Å². The summed E-state index contributed by atoms with van der Waals surface area (Å²) in [6.07, 6.45) is 1.12. The quantitative estimate of drug-likeness (QED) is 0.478. The van der Waals surface area contributed by atoms with Crippen molar-refractivity contribution in [2.75, 3.05) is 6.61 Å². The van der Waals surface area contributed by atoms with Crippen molar-refractivity contribution >= 4 is 6.41 Å². The van der Waals surface area contributed by atoms with Gasteiger partial charge in [0.15, 0.2) is 6.23 Å². The van der Waals surface area contributed by atoms with Gasteiger partial charge in [-0.2, -0.15) is 5.06 Å². The number of nitrogens with zero attached hydrogens (tertiary/aromatic N) is 1. The van der Waals surface area contributed by atoms with E-state index in [2.05, 4.69) is 4.84 Å². The third kappa shape index (κ3) is 0.801. The smallest absolute Gasteiger partial charge is 0.340 e. The molecule has 1 aliphatic rings. The van der Waals surface area contributed by atoms with Crippen molar-refractivity contribution in [2.24, 2.45) is 0 Å². The Bertz CT molecular complexity index is 95.3. The van der Waals surface area contributed by atoms with Gasteiger partial charge in [0.05, 0.1) is 6.61 Å². The molecule has 0 aromatic heterocycles. The Hall–Kier alpha value is -0.610. The van der Waals surface area contributed by atoms with E-state index in [9.17, 15) is 4.79 Å². The SMILES string of the molecule is O=[C]N1OCCC1O. The molecule has 1 rings (SSSR count). The number of hydrogen-bond acceptors (Lipinski definition) is 3. The van der Waals surface area contributed by atoms with E-state index in [0.29, 0.717) is 13.0 Å². The molecule has 1 fully saturated rings. The monoisotopic (exact) mass is 116 g/mol. The maximum absolute atomic E-state index is 9.73. The zero-order valence-electron chi connectivity index (χ0n) is 4.20. The number of rotatable bonds is 1. The number of carbonyl (C=O) groups excluding carboxylic acids is 1. The van der Waals surface area contributed by atoms with Crippen molar-refractivity contribution in [3.63, 3.8) is 0 Å². The summed E-state index contributed by atoms with van der Waals surface area (Å²) in [5.74, 6) is 0. The molecule has 0 aromatic carbocycles. The van der Waals surface area contributed by atoms with Crippen molar-refractivity contribution in [3.8, 4) is 0 Å². The fourth-order valence-corrected chi connectivity index (χ4v) is 0.547. The van der Waals surface area contributed by atoms with E-state index in [1.807, 2.05) is 0 Å². The van der Waals surface area contributed by atoms with Crippen molar-refractivity contribution in [1.82, 2.24) is 5.06 Å². The number of hydroxylamine groups is 2. The van der Waals surface area contributed by atoms with Crippen LogP contribution in [0.3, 0.4) is 0 Å². The Morgan fingerprint density at radius 1 is 1.88 bits per heavy atom. The minimum absolute atomic E-state index is 0.399. The first kappa shape index (κ1) is 5.53. The van der Waals surface area contributed by atoms with Crippen molar-refractivity contribution < 1.29 is 14.7 Å². The second kappa shape index (κ2) is 2.11. The molecule has 1 heterocycles. The van der Waals surface area contributed by atoms with Crippen molar-refractivity contribution in [1.29, 1.82) is 0 Å². The molecule has 1 atom stereocenters. The number of aliphatic hydroxyl groups is 1. The molecule has 0 spiro atoms. The Morgan fingerprint density at radius 3 is 2.88 bits per heavy atom. The van der Waals surface area contributed by atoms with Crippen LogP contribution in [0.4, 0.5) is 0 Å². The van der Waals surface area contributed by atoms with Gasteiger partial charge < -0.3 is 5.11 Å². The van der Waals surface area contributed by atoms with Crippen LogP contribution in [0.5, 0.6) is 0 Å². The lowest BCUT2D eigenvalue weighted by Crippen LogP contribution is -2.25. The normalized spacial score (nSPS) is 28.6. The van der Waals surface area contributed by atoms with E-state index >= 15 is 0 Å². The number of amides is 1. The van der Waals surface area contributed by atoms with E-state index in [1.54, 1.807) is 0 Å². The van der Waals surface area contributed by atoms with Crippen molar-refractivity contribution in [3.05, 3.63) is 0 Å². The van der Waals surface area contributed by atoms with Crippen LogP contribution in [0.25, 0.3) is 0 Å². The van der Waals surface area contributed by atoms with Crippen LogP contribution in [0.1, 0.15) is 6.42 Å². The Kier molecular flexibility index (Phi) is 1.45. The molecular formula is C4H6NO3. The predicted molar refractivity (Wildman–Crippen MR) is 24.1 cm³/mol. The summed E-state index contributed by atoms with van der Waals surface area (Å²) in [7, 11) is 0. The van der Waals surface area contributed by atoms with Gasteiger partial charge in [0.2, 0.25) is 0 Å². The average molecular weight is 116 g/mol. The van der Waals surface area contributed by atoms with Crippen LogP contribution < -0.4 is 0 Å². The first-order valence-electron chi connectivity index (χ1n) is 2.32. The van der Waals surface area contributed by atoms with Crippen LogP contribution in [0.2, 0.25) is 0 Å². The number of aliphatic hydroxyl groups excluding tert-OH is 1. The van der Waals surface area contributed by atoms with Gasteiger partial charge in [0.25, 0.3) is 0 Å². The third-order valence-corrected chi connectivity index (χ3v) is 0.967. The second-order valence-electron chi connectivity index (χ2n) is 1.52. The fraction of sp³-hybridized carbons (Fsp3) is 0.750. The zero-order valence-corrected chi connectivity index (χ0v) is 4.20. The Labute approximate surface area is 46.6 Å². The summed E-state index contributed by atoms with van der Waals surface area (Å²) < 4.78 is 0. The molecule has 45 valence electrons. The van der Waals surface area contributed by atoms with E-state index in [1.165, 1.54) is 6.41 Å². The minimum atomic E-state index is -0.785. The molecule has 0 saturated carbocycles. The molecule has 1 saturated heterocycles. The minimum Gasteiger partial charge on any atom is -0.371 e. The van der Waals surface area contributed by atoms with Gasteiger partial charge in [-0.3, -0.25) is 9.63 Å². The van der Waals surface area contributed by atoms with Gasteiger partial charge in [-0.25, -0.2) is 0 Å². The lowest BCUT2D eigenvalue weighted by atomic mass is 10.4. The van der Waals surface area contributed by atoms with Crippen molar-refractivity contribution in [2.45, 2.75) is 12.6 Å². The lowest BCUT2D eigenvalue weighted by molar-refractivity contribution is -0.120. The summed E-state index contributed by atoms with van der Waals surface area (Å²) >= 11 is 0. The van der Waals surface area contributed by atoms with Crippen LogP contribution in [0.15, 0.2) is 0 Å². The highest BCUT2D eigenvalue weighted by atomic mass is 16.7. The molecule has 0 aromatic rings. The molecule has 4 heteroatoms. The lowest BCUT2D eigenvalue weighted by Gasteiger charge is -2.08. The zero-order chi connectivity index (χ0) is 5.98. The molecule has 1 aliphatic heterocycles. The van der Waals surface area contributed by atoms with Gasteiger partial charge in [0, 0.05) is 6.42 Å². The molecule has 4 nitrogen and oxygen atoms in total. The summed E-state index contributed by atoms with van der Waals surface area (Å²) in [4.78, 5) is 14.3. The molecule has 1 amide bonds.